The highest BCUT2D eigenvalue weighted by Gasteiger charge is 2.40. The predicted molar refractivity (Wildman–Crippen MR) is 77.2 cm³/mol. The fraction of sp³-hybridized carbons (Fsp3) is 0.929. The van der Waals surface area contributed by atoms with E-state index in [2.05, 4.69) is 29.4 Å². The van der Waals surface area contributed by atoms with E-state index in [-0.39, 0.29) is 16.9 Å². The van der Waals surface area contributed by atoms with Gasteiger partial charge in [0, 0.05) is 19.2 Å². The van der Waals surface area contributed by atoms with Crippen LogP contribution in [0.2, 0.25) is 0 Å². The zero-order chi connectivity index (χ0) is 14.5. The molecule has 1 aliphatic heterocycles. The molecule has 0 aliphatic carbocycles. The van der Waals surface area contributed by atoms with Gasteiger partial charge >= 0.3 is 0 Å². The van der Waals surface area contributed by atoms with Crippen LogP contribution in [-0.2, 0) is 9.53 Å². The first-order valence-corrected chi connectivity index (χ1v) is 6.99. The van der Waals surface area contributed by atoms with Gasteiger partial charge in [0.05, 0.1) is 12.0 Å². The molecule has 0 saturated carbocycles. The third-order valence-corrected chi connectivity index (χ3v) is 4.36. The van der Waals surface area contributed by atoms with Gasteiger partial charge in [0.2, 0.25) is 5.91 Å². The van der Waals surface area contributed by atoms with Gasteiger partial charge in [-0.2, -0.15) is 0 Å². The summed E-state index contributed by atoms with van der Waals surface area (Å²) < 4.78 is 5.29. The second-order valence-corrected chi connectivity index (χ2v) is 6.35. The zero-order valence-corrected chi connectivity index (χ0v) is 13.0. The lowest BCUT2D eigenvalue weighted by atomic mass is 9.78. The summed E-state index contributed by atoms with van der Waals surface area (Å²) in [6.07, 6.45) is 1.68. The van der Waals surface area contributed by atoms with Crippen LogP contribution >= 0.6 is 0 Å². The lowest BCUT2D eigenvalue weighted by Crippen LogP contribution is -2.54. The molecule has 1 fully saturated rings. The molecular weight excluding hydrogens is 242 g/mol. The minimum Gasteiger partial charge on any atom is -0.384 e. The van der Waals surface area contributed by atoms with Crippen molar-refractivity contribution in [2.45, 2.75) is 32.2 Å². The molecule has 1 amide bonds. The van der Waals surface area contributed by atoms with E-state index in [4.69, 9.17) is 4.74 Å². The minimum absolute atomic E-state index is 0.0448. The number of piperidine rings is 1. The number of hydrogen-bond acceptors (Lipinski definition) is 4. The molecule has 0 atom stereocenters. The summed E-state index contributed by atoms with van der Waals surface area (Å²) in [5.41, 5.74) is -0.404. The molecule has 19 heavy (non-hydrogen) atoms. The maximum atomic E-state index is 12.5. The molecule has 0 aromatic rings. The second kappa shape index (κ2) is 6.68. The molecule has 112 valence electrons. The molecule has 0 aromatic carbocycles. The quantitative estimate of drug-likeness (QED) is 0.737. The topological polar surface area (TPSA) is 53.6 Å². The van der Waals surface area contributed by atoms with Crippen molar-refractivity contribution in [2.75, 3.05) is 47.4 Å². The number of nitrogens with one attached hydrogen (secondary N) is 2. The molecule has 0 unspecified atom stereocenters. The SMILES string of the molecule is COCC1(C(=O)NCC(C)(C)N(C)C)CCNCC1. The van der Waals surface area contributed by atoms with Gasteiger partial charge in [-0.25, -0.2) is 0 Å². The second-order valence-electron chi connectivity index (χ2n) is 6.35. The molecule has 1 heterocycles. The first-order chi connectivity index (χ1) is 8.84. The summed E-state index contributed by atoms with van der Waals surface area (Å²) in [7, 11) is 5.73. The maximum Gasteiger partial charge on any atom is 0.228 e. The number of methoxy groups -OCH3 is 1. The first kappa shape index (κ1) is 16.4. The van der Waals surface area contributed by atoms with E-state index < -0.39 is 0 Å². The third kappa shape index (κ3) is 4.16. The van der Waals surface area contributed by atoms with Crippen LogP contribution in [0.15, 0.2) is 0 Å². The molecular formula is C14H29N3O2. The van der Waals surface area contributed by atoms with E-state index in [1.165, 1.54) is 0 Å². The Morgan fingerprint density at radius 1 is 1.37 bits per heavy atom. The number of carbonyl (C=O) groups is 1. The van der Waals surface area contributed by atoms with E-state index >= 15 is 0 Å². The van der Waals surface area contributed by atoms with E-state index in [9.17, 15) is 4.79 Å². The molecule has 5 heteroatoms. The molecule has 0 radical (unpaired) electrons. The Kier molecular flexibility index (Phi) is 5.77. The summed E-state index contributed by atoms with van der Waals surface area (Å²) in [6, 6.07) is 0. The first-order valence-electron chi connectivity index (χ1n) is 6.99. The fourth-order valence-electron chi connectivity index (χ4n) is 2.26. The largest absolute Gasteiger partial charge is 0.384 e. The monoisotopic (exact) mass is 271 g/mol. The highest BCUT2D eigenvalue weighted by molar-refractivity contribution is 5.83. The molecule has 1 saturated heterocycles. The number of nitrogens with zero attached hydrogens (tertiary/aromatic N) is 1. The van der Waals surface area contributed by atoms with Crippen molar-refractivity contribution in [1.29, 1.82) is 0 Å². The Hall–Kier alpha value is -0.650. The van der Waals surface area contributed by atoms with Crippen molar-refractivity contribution in [3.05, 3.63) is 0 Å². The Morgan fingerprint density at radius 2 is 1.95 bits per heavy atom. The molecule has 0 bridgehead atoms. The number of ether oxygens (including phenoxy) is 1. The maximum absolute atomic E-state index is 12.5. The van der Waals surface area contributed by atoms with Crippen LogP contribution in [-0.4, -0.2) is 63.8 Å². The van der Waals surface area contributed by atoms with Gasteiger partial charge < -0.3 is 20.3 Å². The number of likely N-dealkylation sites (N-methyl/N-ethyl adjacent to an activating group) is 1. The molecule has 2 N–H and O–H groups in total. The van der Waals surface area contributed by atoms with E-state index in [0.29, 0.717) is 13.2 Å². The van der Waals surface area contributed by atoms with Crippen LogP contribution in [0.4, 0.5) is 0 Å². The Bertz CT molecular complexity index is 292. The minimum atomic E-state index is -0.359. The van der Waals surface area contributed by atoms with Gasteiger partial charge in [0.1, 0.15) is 0 Å². The third-order valence-electron chi connectivity index (χ3n) is 4.36. The lowest BCUT2D eigenvalue weighted by Gasteiger charge is -2.38. The molecule has 1 rings (SSSR count). The summed E-state index contributed by atoms with van der Waals surface area (Å²) in [6.45, 7) is 7.17. The Labute approximate surface area is 117 Å². The molecule has 0 spiro atoms. The van der Waals surface area contributed by atoms with Gasteiger partial charge in [-0.1, -0.05) is 0 Å². The highest BCUT2D eigenvalue weighted by Crippen LogP contribution is 2.29. The summed E-state index contributed by atoms with van der Waals surface area (Å²) in [4.78, 5) is 14.7. The highest BCUT2D eigenvalue weighted by atomic mass is 16.5. The van der Waals surface area contributed by atoms with Crippen molar-refractivity contribution >= 4 is 5.91 Å². The molecule has 1 aliphatic rings. The van der Waals surface area contributed by atoms with Crippen molar-refractivity contribution in [2.24, 2.45) is 5.41 Å². The van der Waals surface area contributed by atoms with Crippen molar-refractivity contribution in [1.82, 2.24) is 15.5 Å². The normalized spacial score (nSPS) is 19.5. The van der Waals surface area contributed by atoms with Gasteiger partial charge in [0.15, 0.2) is 0 Å². The van der Waals surface area contributed by atoms with Crippen LogP contribution in [0.25, 0.3) is 0 Å². The van der Waals surface area contributed by atoms with Crippen molar-refractivity contribution in [3.63, 3.8) is 0 Å². The van der Waals surface area contributed by atoms with Crippen LogP contribution in [0, 0.1) is 5.41 Å². The lowest BCUT2D eigenvalue weighted by molar-refractivity contribution is -0.136. The van der Waals surface area contributed by atoms with Gasteiger partial charge in [-0.3, -0.25) is 4.79 Å². The number of carbonyl (C=O) groups excluding carboxylic acids is 1. The van der Waals surface area contributed by atoms with Gasteiger partial charge in [-0.05, 0) is 53.9 Å². The van der Waals surface area contributed by atoms with Crippen LogP contribution in [0.1, 0.15) is 26.7 Å². The molecule has 5 nitrogen and oxygen atoms in total. The molecule has 0 aromatic heterocycles. The standard InChI is InChI=1S/C14H29N3O2/c1-13(2,17(3)4)10-16-12(18)14(11-19-5)6-8-15-9-7-14/h15H,6-11H2,1-5H3,(H,16,18). The van der Waals surface area contributed by atoms with Gasteiger partial charge in [-0.15, -0.1) is 0 Å². The smallest absolute Gasteiger partial charge is 0.228 e. The van der Waals surface area contributed by atoms with Crippen molar-refractivity contribution in [3.8, 4) is 0 Å². The summed E-state index contributed by atoms with van der Waals surface area (Å²) >= 11 is 0. The summed E-state index contributed by atoms with van der Waals surface area (Å²) in [5, 5.41) is 6.41. The number of hydrogen-bond donors (Lipinski definition) is 2. The van der Waals surface area contributed by atoms with Crippen LogP contribution in [0.3, 0.4) is 0 Å². The average Bonchev–Trinajstić information content (AvgIpc) is 2.37. The average molecular weight is 271 g/mol. The number of rotatable bonds is 6. The van der Waals surface area contributed by atoms with E-state index in [1.54, 1.807) is 7.11 Å². The van der Waals surface area contributed by atoms with Crippen LogP contribution in [0.5, 0.6) is 0 Å². The summed E-state index contributed by atoms with van der Waals surface area (Å²) in [5.74, 6) is 0.130. The Balaban J connectivity index is 2.63. The Morgan fingerprint density at radius 3 is 2.42 bits per heavy atom. The number of amides is 1. The predicted octanol–water partition coefficient (Wildman–Crippen LogP) is 0.459. The van der Waals surface area contributed by atoms with Crippen molar-refractivity contribution < 1.29 is 9.53 Å². The zero-order valence-electron chi connectivity index (χ0n) is 13.0. The van der Waals surface area contributed by atoms with Gasteiger partial charge in [0.25, 0.3) is 0 Å². The van der Waals surface area contributed by atoms with E-state index in [0.717, 1.165) is 25.9 Å². The fourth-order valence-corrected chi connectivity index (χ4v) is 2.26. The van der Waals surface area contributed by atoms with E-state index in [1.807, 2.05) is 14.1 Å². The van der Waals surface area contributed by atoms with Crippen LogP contribution < -0.4 is 10.6 Å².